The van der Waals surface area contributed by atoms with E-state index in [4.69, 9.17) is 0 Å². The predicted octanol–water partition coefficient (Wildman–Crippen LogP) is 1.18. The number of likely N-dealkylation sites (tertiary alicyclic amines) is 1. The largest absolute Gasteiger partial charge is 0.316 e. The maximum Gasteiger partial charge on any atom is 0.00221 e. The van der Waals surface area contributed by atoms with Gasteiger partial charge in [0.2, 0.25) is 0 Å². The lowest BCUT2D eigenvalue weighted by molar-refractivity contribution is 0.0880. The minimum absolute atomic E-state index is 0.826. The molecule has 0 aliphatic carbocycles. The van der Waals surface area contributed by atoms with Crippen LogP contribution in [-0.2, 0) is 0 Å². The van der Waals surface area contributed by atoms with E-state index in [0.717, 1.165) is 17.8 Å². The van der Waals surface area contributed by atoms with Crippen LogP contribution in [0.25, 0.3) is 0 Å². The number of rotatable bonds is 2. The van der Waals surface area contributed by atoms with Gasteiger partial charge in [-0.3, -0.25) is 0 Å². The van der Waals surface area contributed by atoms with Crippen LogP contribution in [0.2, 0.25) is 0 Å². The fourth-order valence-corrected chi connectivity index (χ4v) is 2.88. The maximum absolute atomic E-state index is 3.53. The first kappa shape index (κ1) is 9.47. The van der Waals surface area contributed by atoms with E-state index >= 15 is 0 Å². The summed E-state index contributed by atoms with van der Waals surface area (Å²) in [5.74, 6) is 2.70. The van der Waals surface area contributed by atoms with Crippen LogP contribution < -0.4 is 5.32 Å². The van der Waals surface area contributed by atoms with Crippen LogP contribution in [0, 0.1) is 17.8 Å². The average Bonchev–Trinajstić information content (AvgIpc) is 2.01. The quantitative estimate of drug-likeness (QED) is 0.690. The van der Waals surface area contributed by atoms with Crippen molar-refractivity contribution in [3.8, 4) is 0 Å². The molecular weight excluding hydrogens is 160 g/mol. The second-order valence-corrected chi connectivity index (χ2v) is 5.24. The third-order valence-electron chi connectivity index (χ3n) is 3.19. The molecule has 2 heteroatoms. The molecule has 0 saturated carbocycles. The van der Waals surface area contributed by atoms with E-state index in [9.17, 15) is 0 Å². The Hall–Kier alpha value is -0.0800. The molecule has 2 atom stereocenters. The highest BCUT2D eigenvalue weighted by Crippen LogP contribution is 2.24. The molecule has 2 bridgehead atoms. The van der Waals surface area contributed by atoms with Gasteiger partial charge in [-0.2, -0.15) is 0 Å². The molecule has 0 radical (unpaired) electrons. The van der Waals surface area contributed by atoms with Crippen LogP contribution in [0.4, 0.5) is 0 Å². The van der Waals surface area contributed by atoms with Crippen molar-refractivity contribution in [3.05, 3.63) is 0 Å². The zero-order valence-electron chi connectivity index (χ0n) is 8.92. The molecule has 1 N–H and O–H groups in total. The van der Waals surface area contributed by atoms with Crippen molar-refractivity contribution in [2.75, 3.05) is 32.7 Å². The number of fused-ring (bicyclic) bond motifs is 2. The Kier molecular flexibility index (Phi) is 2.89. The molecule has 2 aliphatic heterocycles. The minimum atomic E-state index is 0.826. The van der Waals surface area contributed by atoms with Crippen molar-refractivity contribution < 1.29 is 0 Å². The highest BCUT2D eigenvalue weighted by atomic mass is 15.2. The monoisotopic (exact) mass is 182 g/mol. The van der Waals surface area contributed by atoms with Gasteiger partial charge in [0.25, 0.3) is 0 Å². The van der Waals surface area contributed by atoms with Gasteiger partial charge in [-0.15, -0.1) is 0 Å². The molecule has 2 fully saturated rings. The molecule has 0 spiro atoms. The van der Waals surface area contributed by atoms with Crippen LogP contribution in [0.3, 0.4) is 0 Å². The van der Waals surface area contributed by atoms with Crippen LogP contribution in [0.5, 0.6) is 0 Å². The van der Waals surface area contributed by atoms with Crippen LogP contribution >= 0.6 is 0 Å². The van der Waals surface area contributed by atoms with Gasteiger partial charge in [0.1, 0.15) is 0 Å². The summed E-state index contributed by atoms with van der Waals surface area (Å²) in [6.45, 7) is 11.1. The molecule has 0 amide bonds. The first-order chi connectivity index (χ1) is 6.24. The Morgan fingerprint density at radius 1 is 1.23 bits per heavy atom. The molecular formula is C11H22N2. The molecule has 0 aromatic rings. The fraction of sp³-hybridized carbons (Fsp3) is 1.00. The lowest BCUT2D eigenvalue weighted by Gasteiger charge is -2.42. The van der Waals surface area contributed by atoms with Gasteiger partial charge < -0.3 is 10.2 Å². The minimum Gasteiger partial charge on any atom is -0.316 e. The third kappa shape index (κ3) is 2.44. The molecule has 76 valence electrons. The van der Waals surface area contributed by atoms with Gasteiger partial charge in [-0.05, 0) is 37.3 Å². The first-order valence-electron chi connectivity index (χ1n) is 5.67. The van der Waals surface area contributed by atoms with E-state index in [-0.39, 0.29) is 0 Å². The van der Waals surface area contributed by atoms with Gasteiger partial charge in [0.15, 0.2) is 0 Å². The van der Waals surface area contributed by atoms with Crippen molar-refractivity contribution in [1.82, 2.24) is 10.2 Å². The number of hydrogen-bond acceptors (Lipinski definition) is 2. The standard InChI is InChI=1S/C11H22N2/c1-9(2)6-13-7-10-3-11(8-13)5-12-4-10/h9-12H,3-8H2,1-2H3/t10-,11+. The molecule has 2 saturated heterocycles. The lowest BCUT2D eigenvalue weighted by atomic mass is 9.85. The first-order valence-corrected chi connectivity index (χ1v) is 5.67. The summed E-state index contributed by atoms with van der Waals surface area (Å²) in [5, 5.41) is 3.53. The summed E-state index contributed by atoms with van der Waals surface area (Å²) in [6.07, 6.45) is 1.47. The summed E-state index contributed by atoms with van der Waals surface area (Å²) in [5.41, 5.74) is 0. The van der Waals surface area contributed by atoms with Crippen molar-refractivity contribution >= 4 is 0 Å². The van der Waals surface area contributed by atoms with Crippen molar-refractivity contribution in [1.29, 1.82) is 0 Å². The van der Waals surface area contributed by atoms with Gasteiger partial charge in [-0.25, -0.2) is 0 Å². The summed E-state index contributed by atoms with van der Waals surface area (Å²) >= 11 is 0. The van der Waals surface area contributed by atoms with E-state index in [0.29, 0.717) is 0 Å². The zero-order valence-corrected chi connectivity index (χ0v) is 8.92. The third-order valence-corrected chi connectivity index (χ3v) is 3.19. The topological polar surface area (TPSA) is 15.3 Å². The average molecular weight is 182 g/mol. The summed E-state index contributed by atoms with van der Waals surface area (Å²) in [4.78, 5) is 2.67. The van der Waals surface area contributed by atoms with E-state index in [1.807, 2.05) is 0 Å². The smallest absolute Gasteiger partial charge is 0.00221 e. The Labute approximate surface area is 81.7 Å². The van der Waals surface area contributed by atoms with Gasteiger partial charge in [0, 0.05) is 19.6 Å². The Morgan fingerprint density at radius 2 is 1.85 bits per heavy atom. The van der Waals surface area contributed by atoms with Crippen LogP contribution in [0.15, 0.2) is 0 Å². The summed E-state index contributed by atoms with van der Waals surface area (Å²) < 4.78 is 0. The van der Waals surface area contributed by atoms with E-state index in [1.165, 1.54) is 39.1 Å². The van der Waals surface area contributed by atoms with Gasteiger partial charge in [-0.1, -0.05) is 13.8 Å². The number of piperidine rings is 2. The second-order valence-electron chi connectivity index (χ2n) is 5.24. The van der Waals surface area contributed by atoms with Gasteiger partial charge in [0.05, 0.1) is 0 Å². The molecule has 0 unspecified atom stereocenters. The predicted molar refractivity (Wildman–Crippen MR) is 55.7 cm³/mol. The second kappa shape index (κ2) is 3.97. The molecule has 0 aromatic carbocycles. The maximum atomic E-state index is 3.53. The van der Waals surface area contributed by atoms with Crippen LogP contribution in [-0.4, -0.2) is 37.6 Å². The fourth-order valence-electron chi connectivity index (χ4n) is 2.88. The summed E-state index contributed by atoms with van der Waals surface area (Å²) in [6, 6.07) is 0. The normalized spacial score (nSPS) is 35.3. The zero-order chi connectivity index (χ0) is 9.26. The number of nitrogens with zero attached hydrogens (tertiary/aromatic N) is 1. The molecule has 2 rings (SSSR count). The lowest BCUT2D eigenvalue weighted by Crippen LogP contribution is -2.51. The van der Waals surface area contributed by atoms with Crippen molar-refractivity contribution in [3.63, 3.8) is 0 Å². The van der Waals surface area contributed by atoms with E-state index in [2.05, 4.69) is 24.1 Å². The van der Waals surface area contributed by atoms with Crippen molar-refractivity contribution in [2.24, 2.45) is 17.8 Å². The molecule has 2 aliphatic rings. The number of hydrogen-bond donors (Lipinski definition) is 1. The molecule has 2 nitrogen and oxygen atoms in total. The van der Waals surface area contributed by atoms with Crippen molar-refractivity contribution in [2.45, 2.75) is 20.3 Å². The molecule has 13 heavy (non-hydrogen) atoms. The number of nitrogens with one attached hydrogen (secondary N) is 1. The van der Waals surface area contributed by atoms with Crippen LogP contribution in [0.1, 0.15) is 20.3 Å². The highest BCUT2D eigenvalue weighted by Gasteiger charge is 2.30. The summed E-state index contributed by atoms with van der Waals surface area (Å²) in [7, 11) is 0. The highest BCUT2D eigenvalue weighted by molar-refractivity contribution is 4.85. The molecule has 0 aromatic heterocycles. The van der Waals surface area contributed by atoms with E-state index in [1.54, 1.807) is 0 Å². The Balaban J connectivity index is 1.86. The Morgan fingerprint density at radius 3 is 2.38 bits per heavy atom. The Bertz CT molecular complexity index is 155. The van der Waals surface area contributed by atoms with E-state index < -0.39 is 0 Å². The molecule has 2 heterocycles. The van der Waals surface area contributed by atoms with Gasteiger partial charge >= 0.3 is 0 Å². The SMILES string of the molecule is CC(C)CN1C[C@@H]2CNC[C@@H](C2)C1.